The number of carbonyl (C=O) groups is 1. The van der Waals surface area contributed by atoms with E-state index in [2.05, 4.69) is 34.6 Å². The first-order valence-electron chi connectivity index (χ1n) is 7.92. The molecule has 0 amide bonds. The zero-order valence-corrected chi connectivity index (χ0v) is 15.1. The largest absolute Gasteiger partial charge is 0.312 e. The molecule has 0 saturated carbocycles. The van der Waals surface area contributed by atoms with Gasteiger partial charge in [0.05, 0.1) is 5.68 Å². The number of carbonyl (C=O) groups excluding carboxylic acids is 1. The summed E-state index contributed by atoms with van der Waals surface area (Å²) < 4.78 is 0. The third kappa shape index (κ3) is 8.98. The van der Waals surface area contributed by atoms with Crippen LogP contribution >= 0.6 is 11.6 Å². The Morgan fingerprint density at radius 3 is 2.14 bits per heavy atom. The van der Waals surface area contributed by atoms with Gasteiger partial charge in [-0.2, -0.15) is 0 Å². The Labute approximate surface area is 136 Å². The highest BCUT2D eigenvalue weighted by Gasteiger charge is 2.13. The Morgan fingerprint density at radius 2 is 1.81 bits per heavy atom. The quantitative estimate of drug-likeness (QED) is 0.613. The van der Waals surface area contributed by atoms with E-state index in [1.165, 1.54) is 6.42 Å². The smallest absolute Gasteiger partial charge is 0.210 e. The lowest BCUT2D eigenvalue weighted by atomic mass is 9.58. The topological polar surface area (TPSA) is 17.1 Å². The molecule has 2 atom stereocenters. The van der Waals surface area contributed by atoms with E-state index in [0.29, 0.717) is 0 Å². The van der Waals surface area contributed by atoms with Crippen LogP contribution in [-0.4, -0.2) is 13.0 Å². The Morgan fingerprint density at radius 1 is 1.19 bits per heavy atom. The highest BCUT2D eigenvalue weighted by molar-refractivity contribution is 6.74. The average Bonchev–Trinajstić information content (AvgIpc) is 2.44. The van der Waals surface area contributed by atoms with Crippen LogP contribution in [0, 0.1) is 11.8 Å². The summed E-state index contributed by atoms with van der Waals surface area (Å²) in [7, 11) is 1.74. The van der Waals surface area contributed by atoms with Gasteiger partial charge < -0.3 is 4.79 Å². The molecule has 0 spiro atoms. The van der Waals surface area contributed by atoms with Crippen LogP contribution in [0.4, 0.5) is 0 Å². The Kier molecular flexibility index (Phi) is 10.5. The van der Waals surface area contributed by atoms with Crippen LogP contribution in [0.3, 0.4) is 0 Å². The molecule has 1 nitrogen and oxygen atoms in total. The molecule has 117 valence electrons. The lowest BCUT2D eigenvalue weighted by Crippen LogP contribution is -2.14. The van der Waals surface area contributed by atoms with E-state index >= 15 is 0 Å². The molecule has 3 heteroatoms. The summed E-state index contributed by atoms with van der Waals surface area (Å²) in [6, 6.07) is 7.66. The second-order valence-corrected chi connectivity index (χ2v) is 6.41. The molecule has 1 aromatic rings. The van der Waals surface area contributed by atoms with Crippen LogP contribution in [0.25, 0.3) is 0 Å². The van der Waals surface area contributed by atoms with E-state index in [4.69, 9.17) is 11.6 Å². The second-order valence-electron chi connectivity index (χ2n) is 5.98. The summed E-state index contributed by atoms with van der Waals surface area (Å²) in [5.74, 6) is 1.95. The third-order valence-electron chi connectivity index (χ3n) is 3.93. The Bertz CT molecular complexity index is 417. The van der Waals surface area contributed by atoms with Gasteiger partial charge >= 0.3 is 0 Å². The van der Waals surface area contributed by atoms with Crippen molar-refractivity contribution in [1.29, 1.82) is 0 Å². The first-order valence-corrected chi connectivity index (χ1v) is 8.30. The van der Waals surface area contributed by atoms with Crippen molar-refractivity contribution < 1.29 is 4.79 Å². The van der Waals surface area contributed by atoms with Crippen LogP contribution in [0.15, 0.2) is 24.3 Å². The molecular formula is C18H29BClO. The van der Waals surface area contributed by atoms with Crippen LogP contribution in [0.2, 0.25) is 5.02 Å². The minimum Gasteiger partial charge on any atom is -0.312 e. The lowest BCUT2D eigenvalue weighted by Gasteiger charge is -2.12. The van der Waals surface area contributed by atoms with Gasteiger partial charge in [-0.25, -0.2) is 0 Å². The SMILES string of the molecule is CCC(C)C(C)C.CCC([B]C(C)=O)c1cccc(Cl)c1. The molecule has 0 aliphatic rings. The fourth-order valence-corrected chi connectivity index (χ4v) is 2.14. The van der Waals surface area contributed by atoms with Crippen LogP contribution in [0.5, 0.6) is 0 Å². The maximum absolute atomic E-state index is 11.0. The van der Waals surface area contributed by atoms with Gasteiger partial charge in [-0.1, -0.05) is 76.8 Å². The van der Waals surface area contributed by atoms with Crippen molar-refractivity contribution in [3.05, 3.63) is 34.9 Å². The molecule has 1 radical (unpaired) electrons. The minimum absolute atomic E-state index is 0.108. The maximum atomic E-state index is 11.0. The first kappa shape index (κ1) is 20.2. The van der Waals surface area contributed by atoms with Gasteiger partial charge in [-0.05, 0) is 36.7 Å². The highest BCUT2D eigenvalue weighted by Crippen LogP contribution is 2.21. The summed E-state index contributed by atoms with van der Waals surface area (Å²) in [5, 5.41) is 0.720. The monoisotopic (exact) mass is 307 g/mol. The van der Waals surface area contributed by atoms with Crippen molar-refractivity contribution in [2.45, 2.75) is 60.2 Å². The van der Waals surface area contributed by atoms with E-state index in [0.717, 1.165) is 28.8 Å². The number of hydrogen-bond acceptors (Lipinski definition) is 1. The zero-order chi connectivity index (χ0) is 16.4. The van der Waals surface area contributed by atoms with Gasteiger partial charge in [-0.15, -0.1) is 0 Å². The van der Waals surface area contributed by atoms with Gasteiger partial charge in [-0.3, -0.25) is 0 Å². The van der Waals surface area contributed by atoms with Gasteiger partial charge in [0, 0.05) is 5.02 Å². The van der Waals surface area contributed by atoms with E-state index in [9.17, 15) is 4.79 Å². The van der Waals surface area contributed by atoms with Gasteiger partial charge in [0.2, 0.25) is 7.28 Å². The average molecular weight is 308 g/mol. The number of benzene rings is 1. The van der Waals surface area contributed by atoms with E-state index in [-0.39, 0.29) is 11.5 Å². The van der Waals surface area contributed by atoms with E-state index in [1.54, 1.807) is 14.2 Å². The van der Waals surface area contributed by atoms with E-state index in [1.807, 2.05) is 24.3 Å². The molecule has 1 aromatic carbocycles. The van der Waals surface area contributed by atoms with Gasteiger partial charge in [0.1, 0.15) is 0 Å². The Balaban J connectivity index is 0.000000486. The van der Waals surface area contributed by atoms with Crippen LogP contribution in [-0.2, 0) is 4.79 Å². The molecule has 21 heavy (non-hydrogen) atoms. The fraction of sp³-hybridized carbons (Fsp3) is 0.611. The molecule has 2 unspecified atom stereocenters. The number of halogens is 1. The van der Waals surface area contributed by atoms with Crippen molar-refractivity contribution in [3.63, 3.8) is 0 Å². The highest BCUT2D eigenvalue weighted by atomic mass is 35.5. The number of hydrogen-bond donors (Lipinski definition) is 0. The zero-order valence-electron chi connectivity index (χ0n) is 14.3. The predicted molar refractivity (Wildman–Crippen MR) is 95.2 cm³/mol. The van der Waals surface area contributed by atoms with Crippen molar-refractivity contribution in [2.75, 3.05) is 0 Å². The molecule has 1 rings (SSSR count). The van der Waals surface area contributed by atoms with Crippen molar-refractivity contribution in [2.24, 2.45) is 11.8 Å². The molecule has 0 heterocycles. The minimum atomic E-state index is 0.108. The molecule has 0 bridgehead atoms. The standard InChI is InChI=1S/C11H13BClO.C7H16/c1-3-11(12-8(2)14)9-5-4-6-10(13)7-9;1-5-7(4)6(2)3/h4-7,11H,3H2,1-2H3;6-7H,5H2,1-4H3. The van der Waals surface area contributed by atoms with Crippen molar-refractivity contribution in [1.82, 2.24) is 0 Å². The van der Waals surface area contributed by atoms with Crippen LogP contribution in [0.1, 0.15) is 65.8 Å². The van der Waals surface area contributed by atoms with Crippen molar-refractivity contribution in [3.8, 4) is 0 Å². The summed E-state index contributed by atoms with van der Waals surface area (Å²) in [4.78, 5) is 11.0. The molecule has 0 aliphatic carbocycles. The summed E-state index contributed by atoms with van der Waals surface area (Å²) in [6.07, 6.45) is 2.23. The van der Waals surface area contributed by atoms with E-state index < -0.39 is 0 Å². The molecule has 0 aliphatic heterocycles. The Hall–Kier alpha value is -0.755. The maximum Gasteiger partial charge on any atom is 0.210 e. The fourth-order valence-electron chi connectivity index (χ4n) is 1.94. The molecular weight excluding hydrogens is 278 g/mol. The van der Waals surface area contributed by atoms with Crippen molar-refractivity contribution >= 4 is 24.6 Å². The molecule has 0 saturated heterocycles. The van der Waals surface area contributed by atoms with Crippen LogP contribution < -0.4 is 0 Å². The normalized spacial score (nSPS) is 13.1. The summed E-state index contributed by atoms with van der Waals surface area (Å²) >= 11 is 5.88. The predicted octanol–water partition coefficient (Wildman–Crippen LogP) is 5.73. The number of rotatable bonds is 6. The summed E-state index contributed by atoms with van der Waals surface area (Å²) in [5.41, 5.74) is 1.21. The summed E-state index contributed by atoms with van der Waals surface area (Å²) in [6.45, 7) is 12.7. The second kappa shape index (κ2) is 10.9. The van der Waals surface area contributed by atoms with Gasteiger partial charge in [0.15, 0.2) is 0 Å². The third-order valence-corrected chi connectivity index (χ3v) is 4.17. The molecule has 0 fully saturated rings. The van der Waals surface area contributed by atoms with Gasteiger partial charge in [0.25, 0.3) is 0 Å². The molecule has 0 N–H and O–H groups in total. The first-order chi connectivity index (χ1) is 9.81. The lowest BCUT2D eigenvalue weighted by molar-refractivity contribution is -0.110. The molecule has 0 aromatic heterocycles.